The summed E-state index contributed by atoms with van der Waals surface area (Å²) in [6.07, 6.45) is 14.9. The summed E-state index contributed by atoms with van der Waals surface area (Å²) in [6, 6.07) is 25.6. The number of aryl methyl sites for hydroxylation is 1. The molecule has 0 spiro atoms. The van der Waals surface area contributed by atoms with E-state index in [-0.39, 0.29) is 34.1 Å². The Morgan fingerprint density at radius 3 is 2.03 bits per heavy atom. The Bertz CT molecular complexity index is 2130. The van der Waals surface area contributed by atoms with Gasteiger partial charge in [-0.1, -0.05) is 88.3 Å². The molecule has 1 heterocycles. The lowest BCUT2D eigenvalue weighted by molar-refractivity contribution is -0.121. The Hall–Kier alpha value is -5.09. The second-order valence-corrected chi connectivity index (χ2v) is 16.7. The molecule has 0 saturated heterocycles. The van der Waals surface area contributed by atoms with Crippen LogP contribution >= 0.6 is 11.8 Å². The third-order valence-corrected chi connectivity index (χ3v) is 12.0. The van der Waals surface area contributed by atoms with E-state index in [0.717, 1.165) is 110 Å². The van der Waals surface area contributed by atoms with Crippen LogP contribution in [0.15, 0.2) is 94.1 Å². The largest absolute Gasteiger partial charge is 0.508 e. The summed E-state index contributed by atoms with van der Waals surface area (Å²) in [5, 5.41) is 19.8. The first-order chi connectivity index (χ1) is 28.7. The molecule has 1 aliphatic carbocycles. The van der Waals surface area contributed by atoms with Crippen molar-refractivity contribution in [1.29, 1.82) is 0 Å². The Morgan fingerprint density at radius 2 is 1.34 bits per heavy atom. The number of anilines is 1. The van der Waals surface area contributed by atoms with Gasteiger partial charge in [0.05, 0.1) is 0 Å². The molecule has 59 heavy (non-hydrogen) atoms. The minimum absolute atomic E-state index is 0.0605. The smallest absolute Gasteiger partial charge is 0.241 e. The number of unbranched alkanes of at least 4 members (excludes halogenated alkanes) is 10. The van der Waals surface area contributed by atoms with E-state index in [1.54, 1.807) is 30.0 Å². The van der Waals surface area contributed by atoms with Crippen LogP contribution in [0.1, 0.15) is 120 Å². The molecular formula is C49H61N3O6S. The van der Waals surface area contributed by atoms with E-state index in [9.17, 15) is 24.3 Å². The number of carbonyl (C=O) groups excluding carboxylic acids is 3. The maximum Gasteiger partial charge on any atom is 0.241 e. The Balaban J connectivity index is 1.01. The molecule has 10 heteroatoms. The average molecular weight is 820 g/mol. The normalized spacial score (nSPS) is 11.8. The van der Waals surface area contributed by atoms with E-state index in [4.69, 9.17) is 4.42 Å². The van der Waals surface area contributed by atoms with Gasteiger partial charge < -0.3 is 25.5 Å². The monoisotopic (exact) mass is 819 g/mol. The van der Waals surface area contributed by atoms with Crippen molar-refractivity contribution in [2.45, 2.75) is 115 Å². The number of carbonyl (C=O) groups is 3. The number of phenolic OH excluding ortho intramolecular Hbond substituents is 1. The number of nitrogens with one attached hydrogen (secondary N) is 3. The summed E-state index contributed by atoms with van der Waals surface area (Å²) in [6.45, 7) is 5.51. The van der Waals surface area contributed by atoms with Gasteiger partial charge in [0.2, 0.25) is 17.7 Å². The number of amides is 3. The summed E-state index contributed by atoms with van der Waals surface area (Å²) in [7, 11) is 0. The van der Waals surface area contributed by atoms with Crippen LogP contribution in [0.25, 0.3) is 33.4 Å². The summed E-state index contributed by atoms with van der Waals surface area (Å²) in [4.78, 5) is 49.8. The highest BCUT2D eigenvalue weighted by atomic mass is 32.2. The van der Waals surface area contributed by atoms with Gasteiger partial charge in [-0.2, -0.15) is 0 Å². The quantitative estimate of drug-likeness (QED) is 0.0340. The van der Waals surface area contributed by atoms with Crippen molar-refractivity contribution < 1.29 is 23.9 Å². The molecule has 1 atom stereocenters. The molecule has 1 aliphatic heterocycles. The number of thioether (sulfide) groups is 1. The molecule has 0 fully saturated rings. The zero-order valence-corrected chi connectivity index (χ0v) is 35.6. The summed E-state index contributed by atoms with van der Waals surface area (Å²) >= 11 is 1.68. The van der Waals surface area contributed by atoms with Gasteiger partial charge in [-0.15, -0.1) is 11.8 Å². The first kappa shape index (κ1) is 45.0. The number of phenols is 1. The lowest BCUT2D eigenvalue weighted by Crippen LogP contribution is -2.25. The summed E-state index contributed by atoms with van der Waals surface area (Å²) in [5.74, 6) is 1.62. The molecule has 9 nitrogen and oxygen atoms in total. The molecule has 0 radical (unpaired) electrons. The molecule has 0 saturated carbocycles. The zero-order chi connectivity index (χ0) is 41.8. The van der Waals surface area contributed by atoms with Crippen LogP contribution in [0.3, 0.4) is 0 Å². The highest BCUT2D eigenvalue weighted by molar-refractivity contribution is 8.00. The third-order valence-electron chi connectivity index (χ3n) is 10.6. The Labute approximate surface area is 353 Å². The van der Waals surface area contributed by atoms with Crippen molar-refractivity contribution in [3.63, 3.8) is 0 Å². The van der Waals surface area contributed by atoms with Gasteiger partial charge in [0, 0.05) is 60.3 Å². The highest BCUT2D eigenvalue weighted by Gasteiger charge is 2.23. The molecule has 2 aliphatic rings. The maximum absolute atomic E-state index is 13.8. The topological polar surface area (TPSA) is 138 Å². The molecule has 3 aromatic rings. The minimum atomic E-state index is -0.347. The Morgan fingerprint density at radius 1 is 0.695 bits per heavy atom. The van der Waals surface area contributed by atoms with Gasteiger partial charge in [-0.05, 0) is 104 Å². The number of rotatable bonds is 25. The van der Waals surface area contributed by atoms with Crippen molar-refractivity contribution in [3.8, 4) is 28.2 Å². The number of aromatic hydroxyl groups is 1. The van der Waals surface area contributed by atoms with Crippen molar-refractivity contribution in [3.05, 3.63) is 106 Å². The number of hydrogen-bond acceptors (Lipinski definition) is 7. The van der Waals surface area contributed by atoms with Crippen LogP contribution in [-0.2, 0) is 14.4 Å². The second-order valence-electron chi connectivity index (χ2n) is 15.4. The predicted octanol–water partition coefficient (Wildman–Crippen LogP) is 11.1. The van der Waals surface area contributed by atoms with Crippen molar-refractivity contribution in [1.82, 2.24) is 10.6 Å². The Kier molecular flexibility index (Phi) is 18.4. The van der Waals surface area contributed by atoms with Gasteiger partial charge >= 0.3 is 0 Å². The molecule has 0 bridgehead atoms. The second kappa shape index (κ2) is 24.1. The summed E-state index contributed by atoms with van der Waals surface area (Å²) in [5.41, 5.74) is 5.58. The SMILES string of the molecule is CCCCC(=O)NCCCCCNC(=O)CCCCCCCCCCSC(C(=O)Nc1ccc(-c2c3ccc(=O)cc-3oc3cc(O)ccc23)c(C)c1)c1ccccc1. The van der Waals surface area contributed by atoms with Gasteiger partial charge in [-0.3, -0.25) is 19.2 Å². The fourth-order valence-corrected chi connectivity index (χ4v) is 8.54. The fourth-order valence-electron chi connectivity index (χ4n) is 7.38. The van der Waals surface area contributed by atoms with Gasteiger partial charge in [-0.25, -0.2) is 0 Å². The standard InChI is InChI=1S/C49H61N3O6S/c1-3-4-21-45(55)50-29-16-12-17-30-51-46(56)22-15-9-7-5-6-8-10-18-31-59-48(36-19-13-11-14-20-36)49(57)52-37-23-26-40(35(2)32-37)47-41-27-24-38(53)33-43(41)58-44-34-39(54)25-28-42(44)47/h11,13-14,19-20,23-28,32-34,48,53H,3-10,12,15-18,21-22,29-31H2,1-2H3,(H,50,55)(H,51,56)(H,52,57). The van der Waals surface area contributed by atoms with Crippen LogP contribution in [-0.4, -0.2) is 41.7 Å². The first-order valence-corrected chi connectivity index (χ1v) is 22.6. The molecule has 3 amide bonds. The first-order valence-electron chi connectivity index (χ1n) is 21.5. The van der Waals surface area contributed by atoms with Crippen LogP contribution in [0.2, 0.25) is 0 Å². The molecule has 0 aromatic heterocycles. The zero-order valence-electron chi connectivity index (χ0n) is 34.8. The average Bonchev–Trinajstić information content (AvgIpc) is 3.22. The molecule has 5 rings (SSSR count). The van der Waals surface area contributed by atoms with Gasteiger partial charge in [0.25, 0.3) is 0 Å². The fraction of sp³-hybridized carbons (Fsp3) is 0.429. The lowest BCUT2D eigenvalue weighted by Gasteiger charge is -2.19. The molecule has 3 aromatic carbocycles. The number of fused-ring (bicyclic) bond motifs is 2. The number of hydrogen-bond donors (Lipinski definition) is 4. The van der Waals surface area contributed by atoms with Crippen LogP contribution in [0.4, 0.5) is 5.69 Å². The minimum Gasteiger partial charge on any atom is -0.508 e. The van der Waals surface area contributed by atoms with E-state index >= 15 is 0 Å². The van der Waals surface area contributed by atoms with E-state index in [1.165, 1.54) is 25.0 Å². The van der Waals surface area contributed by atoms with Gasteiger partial charge in [0.15, 0.2) is 5.43 Å². The van der Waals surface area contributed by atoms with E-state index in [0.29, 0.717) is 43.0 Å². The van der Waals surface area contributed by atoms with Crippen molar-refractivity contribution in [2.75, 3.05) is 24.2 Å². The van der Waals surface area contributed by atoms with Crippen molar-refractivity contribution in [2.24, 2.45) is 0 Å². The van der Waals surface area contributed by atoms with Crippen LogP contribution in [0.5, 0.6) is 5.75 Å². The summed E-state index contributed by atoms with van der Waals surface area (Å²) < 4.78 is 6.03. The molecule has 4 N–H and O–H groups in total. The maximum atomic E-state index is 13.8. The van der Waals surface area contributed by atoms with E-state index < -0.39 is 0 Å². The lowest BCUT2D eigenvalue weighted by atomic mass is 9.91. The molecule has 314 valence electrons. The van der Waals surface area contributed by atoms with Gasteiger partial charge in [0.1, 0.15) is 22.3 Å². The third kappa shape index (κ3) is 14.3. The van der Waals surface area contributed by atoms with Crippen LogP contribution < -0.4 is 21.4 Å². The predicted molar refractivity (Wildman–Crippen MR) is 242 cm³/mol. The molecular weight excluding hydrogens is 759 g/mol. The van der Waals surface area contributed by atoms with E-state index in [2.05, 4.69) is 22.9 Å². The van der Waals surface area contributed by atoms with E-state index in [1.807, 2.05) is 61.5 Å². The molecule has 1 unspecified atom stereocenters. The van der Waals surface area contributed by atoms with Crippen LogP contribution in [0, 0.1) is 6.92 Å². The number of benzene rings is 4. The van der Waals surface area contributed by atoms with Crippen molar-refractivity contribution >= 4 is 46.1 Å². The highest BCUT2D eigenvalue weighted by Crippen LogP contribution is 2.42.